The molecule has 0 fully saturated rings. The molecule has 6 aromatic carbocycles. The van der Waals surface area contributed by atoms with E-state index in [9.17, 15) is 0 Å². The number of aromatic nitrogens is 1. The summed E-state index contributed by atoms with van der Waals surface area (Å²) in [7, 11) is 2.88. The zero-order valence-corrected chi connectivity index (χ0v) is 30.8. The van der Waals surface area contributed by atoms with Crippen LogP contribution in [0, 0.1) is 0 Å². The Balaban J connectivity index is 1.16. The van der Waals surface area contributed by atoms with Crippen molar-refractivity contribution in [3.63, 3.8) is 0 Å². The Bertz CT molecular complexity index is 2630. The number of nitrogens with zero attached hydrogens (tertiary/aromatic N) is 3. The Morgan fingerprint density at radius 1 is 0.731 bits per heavy atom. The highest BCUT2D eigenvalue weighted by Gasteiger charge is 2.37. The molecule has 2 unspecified atom stereocenters. The molecule has 4 nitrogen and oxygen atoms in total. The van der Waals surface area contributed by atoms with Crippen LogP contribution in [0.15, 0.2) is 157 Å². The van der Waals surface area contributed by atoms with Crippen molar-refractivity contribution < 1.29 is 4.74 Å². The molecule has 2 heterocycles. The summed E-state index contributed by atoms with van der Waals surface area (Å²) in [5, 5.41) is 3.71. The van der Waals surface area contributed by atoms with Crippen molar-refractivity contribution in [2.75, 3.05) is 16.3 Å². The topological polar surface area (TPSA) is 20.6 Å². The summed E-state index contributed by atoms with van der Waals surface area (Å²) >= 11 is 0. The van der Waals surface area contributed by atoms with Gasteiger partial charge in [-0.15, -0.1) is 9.24 Å². The summed E-state index contributed by atoms with van der Waals surface area (Å²) in [5.41, 5.74) is 13.5. The van der Waals surface area contributed by atoms with Gasteiger partial charge in [0.25, 0.3) is 0 Å². The predicted molar refractivity (Wildman–Crippen MR) is 221 cm³/mol. The lowest BCUT2D eigenvalue weighted by atomic mass is 9.82. The highest BCUT2D eigenvalue weighted by Crippen LogP contribution is 2.51. The van der Waals surface area contributed by atoms with Gasteiger partial charge in [0.2, 0.25) is 0 Å². The fourth-order valence-corrected chi connectivity index (χ4v) is 9.18. The lowest BCUT2D eigenvalue weighted by molar-refractivity contribution is 0.409. The molecule has 0 saturated heterocycles. The average molecular weight is 694 g/mol. The third-order valence-electron chi connectivity index (χ3n) is 11.4. The maximum Gasteiger partial charge on any atom is 0.151 e. The summed E-state index contributed by atoms with van der Waals surface area (Å²) in [5.74, 6) is 1.83. The van der Waals surface area contributed by atoms with Crippen LogP contribution < -0.4 is 19.8 Å². The minimum absolute atomic E-state index is 0.0335. The molecule has 2 atom stereocenters. The largest absolute Gasteiger partial charge is 0.453 e. The number of benzene rings is 6. The standard InChI is InChI=1S/C47H40N3OP/c1-4-48-43-16-10-11-17-45(43)51-46-28-33(20-25-44(46)48)49(32-18-22-35-36-23-21-34(52)29-40(36)47(2,3)39(35)27-32)31-19-24-42-38(26-31)37-14-8-9-15-41(37)50(42)30-12-6-5-7-13-30/h5-19,21-29,33H,4,20,52H2,1-3H3. The molecule has 5 heteroatoms. The molecule has 1 aliphatic heterocycles. The second-order valence-corrected chi connectivity index (χ2v) is 15.3. The number of fused-ring (bicyclic) bond motifs is 8. The number of anilines is 3. The van der Waals surface area contributed by atoms with E-state index in [4.69, 9.17) is 4.74 Å². The van der Waals surface area contributed by atoms with Gasteiger partial charge in [-0.25, -0.2) is 0 Å². The Kier molecular flexibility index (Phi) is 7.04. The van der Waals surface area contributed by atoms with Crippen LogP contribution in [0.2, 0.25) is 0 Å². The quantitative estimate of drug-likeness (QED) is 0.167. The van der Waals surface area contributed by atoms with Gasteiger partial charge in [0.05, 0.1) is 28.5 Å². The zero-order chi connectivity index (χ0) is 35.1. The summed E-state index contributed by atoms with van der Waals surface area (Å²) in [6.45, 7) is 7.82. The molecule has 254 valence electrons. The van der Waals surface area contributed by atoms with Crippen molar-refractivity contribution in [2.45, 2.75) is 38.6 Å². The van der Waals surface area contributed by atoms with Crippen LogP contribution in [-0.2, 0) is 5.41 Å². The molecule has 52 heavy (non-hydrogen) atoms. The van der Waals surface area contributed by atoms with Crippen LogP contribution in [0.3, 0.4) is 0 Å². The van der Waals surface area contributed by atoms with Gasteiger partial charge in [0.15, 0.2) is 5.75 Å². The highest BCUT2D eigenvalue weighted by atomic mass is 31.0. The molecular formula is C47H40N3OP. The summed E-state index contributed by atoms with van der Waals surface area (Å²) in [4.78, 5) is 4.92. The van der Waals surface area contributed by atoms with Gasteiger partial charge in [-0.05, 0) is 108 Å². The molecule has 0 amide bonds. The summed E-state index contributed by atoms with van der Waals surface area (Å²) < 4.78 is 9.07. The van der Waals surface area contributed by atoms with E-state index in [1.807, 2.05) is 0 Å². The second kappa shape index (κ2) is 11.7. The Hall–Kier alpha value is -5.57. The Morgan fingerprint density at radius 2 is 1.42 bits per heavy atom. The number of ether oxygens (including phenoxy) is 1. The zero-order valence-electron chi connectivity index (χ0n) is 29.7. The molecule has 0 radical (unpaired) electrons. The summed E-state index contributed by atoms with van der Waals surface area (Å²) in [6.07, 6.45) is 5.57. The van der Waals surface area contributed by atoms with Crippen molar-refractivity contribution in [1.82, 2.24) is 4.57 Å². The van der Waals surface area contributed by atoms with Crippen LogP contribution in [-0.4, -0.2) is 17.2 Å². The number of likely N-dealkylation sites (N-methyl/N-ethyl adjacent to an activating group) is 1. The van der Waals surface area contributed by atoms with Crippen LogP contribution in [0.4, 0.5) is 17.1 Å². The van der Waals surface area contributed by atoms with Crippen LogP contribution in [0.25, 0.3) is 38.6 Å². The monoisotopic (exact) mass is 693 g/mol. The van der Waals surface area contributed by atoms with Gasteiger partial charge in [0, 0.05) is 39.8 Å². The normalized spacial score (nSPS) is 16.8. The van der Waals surface area contributed by atoms with Crippen molar-refractivity contribution in [1.29, 1.82) is 0 Å². The van der Waals surface area contributed by atoms with Gasteiger partial charge in [-0.1, -0.05) is 92.7 Å². The molecule has 0 spiro atoms. The van der Waals surface area contributed by atoms with E-state index in [-0.39, 0.29) is 11.5 Å². The molecule has 0 bridgehead atoms. The van der Waals surface area contributed by atoms with E-state index in [1.54, 1.807) is 0 Å². The maximum absolute atomic E-state index is 6.68. The third-order valence-corrected chi connectivity index (χ3v) is 11.7. The Morgan fingerprint density at radius 3 is 2.27 bits per heavy atom. The fourth-order valence-electron chi connectivity index (χ4n) is 8.92. The van der Waals surface area contributed by atoms with Crippen molar-refractivity contribution in [2.24, 2.45) is 0 Å². The SMILES string of the molecule is CCN1C2=CCC(N(c3ccc4c(c3)C(C)(C)c3cc(P)ccc3-4)c3ccc4c(c3)c3ccccc3n4-c3ccccc3)C=C2Oc2ccccc21. The summed E-state index contributed by atoms with van der Waals surface area (Å²) in [6, 6.07) is 48.8. The first kappa shape index (κ1) is 31.2. The number of rotatable bonds is 5. The van der Waals surface area contributed by atoms with Crippen molar-refractivity contribution >= 4 is 53.4 Å². The van der Waals surface area contributed by atoms with Gasteiger partial charge in [0.1, 0.15) is 5.76 Å². The first-order valence-corrected chi connectivity index (χ1v) is 18.9. The number of hydrogen-bond donors (Lipinski definition) is 0. The molecule has 0 N–H and O–H groups in total. The van der Waals surface area contributed by atoms with Gasteiger partial charge in [-0.2, -0.15) is 0 Å². The van der Waals surface area contributed by atoms with Crippen LogP contribution >= 0.6 is 9.24 Å². The average Bonchev–Trinajstić information content (AvgIpc) is 3.62. The van der Waals surface area contributed by atoms with E-state index in [0.29, 0.717) is 0 Å². The highest BCUT2D eigenvalue weighted by molar-refractivity contribution is 7.27. The first-order chi connectivity index (χ1) is 25.4. The lowest BCUT2D eigenvalue weighted by Crippen LogP contribution is -2.36. The van der Waals surface area contributed by atoms with E-state index in [2.05, 4.69) is 190 Å². The number of para-hydroxylation sites is 4. The van der Waals surface area contributed by atoms with Crippen molar-refractivity contribution in [3.8, 4) is 22.6 Å². The van der Waals surface area contributed by atoms with Crippen LogP contribution in [0.5, 0.6) is 5.75 Å². The molecule has 1 aromatic heterocycles. The molecule has 0 saturated carbocycles. The first-order valence-electron chi connectivity index (χ1n) is 18.3. The van der Waals surface area contributed by atoms with Crippen molar-refractivity contribution in [3.05, 3.63) is 168 Å². The third kappa shape index (κ3) is 4.64. The predicted octanol–water partition coefficient (Wildman–Crippen LogP) is 11.2. The van der Waals surface area contributed by atoms with Gasteiger partial charge >= 0.3 is 0 Å². The minimum Gasteiger partial charge on any atom is -0.453 e. The molecular weight excluding hydrogens is 654 g/mol. The van der Waals surface area contributed by atoms with Gasteiger partial charge < -0.3 is 19.1 Å². The van der Waals surface area contributed by atoms with Gasteiger partial charge in [-0.3, -0.25) is 0 Å². The molecule has 7 aromatic rings. The number of hydrogen-bond acceptors (Lipinski definition) is 3. The molecule has 3 aliphatic rings. The van der Waals surface area contributed by atoms with E-state index in [0.717, 1.165) is 47.2 Å². The lowest BCUT2D eigenvalue weighted by Gasteiger charge is -2.39. The van der Waals surface area contributed by atoms with E-state index in [1.165, 1.54) is 55.1 Å². The molecule has 2 aliphatic carbocycles. The Labute approximate surface area is 307 Å². The molecule has 10 rings (SSSR count). The van der Waals surface area contributed by atoms with E-state index >= 15 is 0 Å². The fraction of sp³-hybridized carbons (Fsp3) is 0.149. The van der Waals surface area contributed by atoms with E-state index < -0.39 is 0 Å². The smallest absolute Gasteiger partial charge is 0.151 e. The minimum atomic E-state index is -0.123. The maximum atomic E-state index is 6.68. The second-order valence-electron chi connectivity index (χ2n) is 14.7. The van der Waals surface area contributed by atoms with Crippen LogP contribution in [0.1, 0.15) is 38.3 Å².